The van der Waals surface area contributed by atoms with Crippen LogP contribution in [0.15, 0.2) is 30.7 Å². The Hall–Kier alpha value is -2.25. The molecule has 1 atom stereocenters. The molecule has 0 spiro atoms. The van der Waals surface area contributed by atoms with E-state index in [-0.39, 0.29) is 6.10 Å². The topological polar surface area (TPSA) is 69.2 Å². The molecule has 0 aromatic carbocycles. The molecule has 1 fully saturated rings. The zero-order valence-electron chi connectivity index (χ0n) is 13.4. The molecule has 1 aliphatic rings. The van der Waals surface area contributed by atoms with Crippen molar-refractivity contribution in [3.63, 3.8) is 0 Å². The van der Waals surface area contributed by atoms with Gasteiger partial charge < -0.3 is 14.8 Å². The number of hydrogen-bond donors (Lipinski definition) is 1. The highest BCUT2D eigenvalue weighted by molar-refractivity contribution is 7.18. The van der Waals surface area contributed by atoms with Gasteiger partial charge in [0.25, 0.3) is 0 Å². The number of pyridine rings is 1. The fourth-order valence-corrected chi connectivity index (χ4v) is 3.55. The Morgan fingerprint density at radius 2 is 2.29 bits per heavy atom. The molecule has 0 amide bonds. The molecule has 4 rings (SSSR count). The number of aryl methyl sites for hydroxylation is 1. The minimum absolute atomic E-state index is 0.107. The molecule has 0 bridgehead atoms. The molecule has 1 unspecified atom stereocenters. The van der Waals surface area contributed by atoms with Gasteiger partial charge in [-0.05, 0) is 24.6 Å². The van der Waals surface area contributed by atoms with Crippen LogP contribution >= 0.6 is 11.3 Å². The summed E-state index contributed by atoms with van der Waals surface area (Å²) in [4.78, 5) is 15.2. The first kappa shape index (κ1) is 15.3. The normalized spacial score (nSPS) is 17.3. The molecule has 1 saturated heterocycles. The summed E-state index contributed by atoms with van der Waals surface area (Å²) in [6, 6.07) is 6.05. The van der Waals surface area contributed by atoms with Crippen LogP contribution in [0.2, 0.25) is 0 Å². The number of nitrogens with one attached hydrogen (secondary N) is 1. The highest BCUT2D eigenvalue weighted by Crippen LogP contribution is 2.27. The van der Waals surface area contributed by atoms with E-state index in [0.29, 0.717) is 19.0 Å². The Morgan fingerprint density at radius 3 is 3.17 bits per heavy atom. The Balaban J connectivity index is 1.46. The summed E-state index contributed by atoms with van der Waals surface area (Å²) >= 11 is 1.68. The van der Waals surface area contributed by atoms with Gasteiger partial charge in [0, 0.05) is 30.1 Å². The molecular formula is C17H18N4O2S. The van der Waals surface area contributed by atoms with E-state index in [1.165, 1.54) is 4.88 Å². The van der Waals surface area contributed by atoms with Crippen molar-refractivity contribution in [3.8, 4) is 5.88 Å². The average molecular weight is 342 g/mol. The maximum absolute atomic E-state index is 5.85. The third kappa shape index (κ3) is 3.32. The van der Waals surface area contributed by atoms with Crippen LogP contribution in [0.5, 0.6) is 5.88 Å². The molecule has 6 nitrogen and oxygen atoms in total. The van der Waals surface area contributed by atoms with Gasteiger partial charge in [0.2, 0.25) is 5.88 Å². The molecule has 3 aromatic rings. The number of aromatic nitrogens is 3. The van der Waals surface area contributed by atoms with E-state index >= 15 is 0 Å². The third-order valence-corrected chi connectivity index (χ3v) is 4.85. The van der Waals surface area contributed by atoms with Crippen LogP contribution < -0.4 is 10.1 Å². The van der Waals surface area contributed by atoms with Gasteiger partial charge in [0.05, 0.1) is 18.6 Å². The van der Waals surface area contributed by atoms with E-state index in [0.717, 1.165) is 34.6 Å². The highest BCUT2D eigenvalue weighted by atomic mass is 32.1. The first-order valence-electron chi connectivity index (χ1n) is 7.92. The number of nitrogens with zero attached hydrogens (tertiary/aromatic N) is 3. The standard InChI is InChI=1S/C17H18N4O2S/c1-11-6-14-16(20-10-21-17(14)24-11)19-8-12-2-4-18-15(7-12)23-13-3-5-22-9-13/h2,4,6-7,10,13H,3,5,8-9H2,1H3,(H,19,20,21). The molecule has 7 heteroatoms. The summed E-state index contributed by atoms with van der Waals surface area (Å²) in [7, 11) is 0. The molecule has 0 saturated carbocycles. The predicted molar refractivity (Wildman–Crippen MR) is 93.6 cm³/mol. The van der Waals surface area contributed by atoms with Crippen molar-refractivity contribution in [1.29, 1.82) is 0 Å². The molecule has 4 heterocycles. The Kier molecular flexibility index (Phi) is 4.27. The number of rotatable bonds is 5. The van der Waals surface area contributed by atoms with Crippen LogP contribution in [0.3, 0.4) is 0 Å². The monoisotopic (exact) mass is 342 g/mol. The highest BCUT2D eigenvalue weighted by Gasteiger charge is 2.17. The van der Waals surface area contributed by atoms with Gasteiger partial charge in [-0.3, -0.25) is 0 Å². The molecule has 24 heavy (non-hydrogen) atoms. The first-order valence-corrected chi connectivity index (χ1v) is 8.74. The minimum Gasteiger partial charge on any atom is -0.472 e. The SMILES string of the molecule is Cc1cc2c(NCc3ccnc(OC4CCOC4)c3)ncnc2s1. The number of anilines is 1. The molecule has 1 aliphatic heterocycles. The molecular weight excluding hydrogens is 324 g/mol. The van der Waals surface area contributed by atoms with Gasteiger partial charge in [-0.15, -0.1) is 11.3 Å². The third-order valence-electron chi connectivity index (χ3n) is 3.89. The average Bonchev–Trinajstić information content (AvgIpc) is 3.22. The molecule has 3 aromatic heterocycles. The van der Waals surface area contributed by atoms with Gasteiger partial charge >= 0.3 is 0 Å². The summed E-state index contributed by atoms with van der Waals surface area (Å²) in [5.41, 5.74) is 1.10. The van der Waals surface area contributed by atoms with Gasteiger partial charge in [-0.25, -0.2) is 15.0 Å². The minimum atomic E-state index is 0.107. The Bertz CT molecular complexity index is 845. The van der Waals surface area contributed by atoms with Crippen LogP contribution in [0, 0.1) is 6.92 Å². The Morgan fingerprint density at radius 1 is 1.33 bits per heavy atom. The van der Waals surface area contributed by atoms with E-state index in [9.17, 15) is 0 Å². The molecule has 0 radical (unpaired) electrons. The van der Waals surface area contributed by atoms with Gasteiger partial charge in [-0.2, -0.15) is 0 Å². The smallest absolute Gasteiger partial charge is 0.213 e. The fourth-order valence-electron chi connectivity index (χ4n) is 2.70. The Labute approximate surface area is 143 Å². The van der Waals surface area contributed by atoms with Crippen molar-refractivity contribution in [1.82, 2.24) is 15.0 Å². The largest absolute Gasteiger partial charge is 0.472 e. The van der Waals surface area contributed by atoms with E-state index in [2.05, 4.69) is 33.3 Å². The molecule has 124 valence electrons. The van der Waals surface area contributed by atoms with Gasteiger partial charge in [0.15, 0.2) is 0 Å². The van der Waals surface area contributed by atoms with Gasteiger partial charge in [0.1, 0.15) is 23.1 Å². The summed E-state index contributed by atoms with van der Waals surface area (Å²) in [5.74, 6) is 1.50. The number of ether oxygens (including phenoxy) is 2. The summed E-state index contributed by atoms with van der Waals surface area (Å²) < 4.78 is 11.2. The second-order valence-corrected chi connectivity index (χ2v) is 6.99. The zero-order valence-corrected chi connectivity index (χ0v) is 14.2. The van der Waals surface area contributed by atoms with Crippen molar-refractivity contribution in [2.24, 2.45) is 0 Å². The van der Waals surface area contributed by atoms with E-state index in [1.807, 2.05) is 12.1 Å². The quantitative estimate of drug-likeness (QED) is 0.768. The first-order chi connectivity index (χ1) is 11.8. The second-order valence-electron chi connectivity index (χ2n) is 5.76. The molecule has 1 N–H and O–H groups in total. The van der Waals surface area contributed by atoms with Crippen LogP contribution in [0.4, 0.5) is 5.82 Å². The summed E-state index contributed by atoms with van der Waals surface area (Å²) in [6.45, 7) is 4.13. The lowest BCUT2D eigenvalue weighted by molar-refractivity contribution is 0.138. The van der Waals surface area contributed by atoms with E-state index in [1.54, 1.807) is 23.9 Å². The lowest BCUT2D eigenvalue weighted by Crippen LogP contribution is -2.16. The number of hydrogen-bond acceptors (Lipinski definition) is 7. The van der Waals surface area contributed by atoms with Crippen molar-refractivity contribution in [2.45, 2.75) is 26.0 Å². The van der Waals surface area contributed by atoms with E-state index < -0.39 is 0 Å². The fraction of sp³-hybridized carbons (Fsp3) is 0.353. The van der Waals surface area contributed by atoms with Crippen molar-refractivity contribution in [2.75, 3.05) is 18.5 Å². The van der Waals surface area contributed by atoms with Gasteiger partial charge in [-0.1, -0.05) is 0 Å². The second kappa shape index (κ2) is 6.70. The lowest BCUT2D eigenvalue weighted by atomic mass is 10.2. The van der Waals surface area contributed by atoms with Crippen LogP contribution in [-0.2, 0) is 11.3 Å². The van der Waals surface area contributed by atoms with Crippen LogP contribution in [0.1, 0.15) is 16.9 Å². The number of thiophene rings is 1. The maximum atomic E-state index is 5.85. The summed E-state index contributed by atoms with van der Waals surface area (Å²) in [5, 5.41) is 4.45. The van der Waals surface area contributed by atoms with Crippen molar-refractivity contribution >= 4 is 27.4 Å². The zero-order chi connectivity index (χ0) is 16.4. The van der Waals surface area contributed by atoms with E-state index in [4.69, 9.17) is 9.47 Å². The van der Waals surface area contributed by atoms with Crippen molar-refractivity contribution < 1.29 is 9.47 Å². The predicted octanol–water partition coefficient (Wildman–Crippen LogP) is 3.17. The number of fused-ring (bicyclic) bond motifs is 1. The summed E-state index contributed by atoms with van der Waals surface area (Å²) in [6.07, 6.45) is 4.39. The lowest BCUT2D eigenvalue weighted by Gasteiger charge is -2.12. The van der Waals surface area contributed by atoms with Crippen molar-refractivity contribution in [3.05, 3.63) is 41.2 Å². The van der Waals surface area contributed by atoms with Crippen LogP contribution in [-0.4, -0.2) is 34.3 Å². The maximum Gasteiger partial charge on any atom is 0.213 e. The van der Waals surface area contributed by atoms with Crippen LogP contribution in [0.25, 0.3) is 10.2 Å². The molecule has 0 aliphatic carbocycles.